The first-order chi connectivity index (χ1) is 5.34. The molecule has 6 heteroatoms. The number of sulfonamides is 1. The Morgan fingerprint density at radius 1 is 1.58 bits per heavy atom. The Labute approximate surface area is 72.0 Å². The maximum absolute atomic E-state index is 11.2. The summed E-state index contributed by atoms with van der Waals surface area (Å²) in [5.74, 6) is -1.32. The maximum atomic E-state index is 11.2. The number of hydrogen-bond acceptors (Lipinski definition) is 3. The third-order valence-corrected chi connectivity index (χ3v) is 3.90. The summed E-state index contributed by atoms with van der Waals surface area (Å²) < 4.78 is 23.5. The minimum Gasteiger partial charge on any atom is -0.480 e. The molecule has 1 unspecified atom stereocenters. The molecular weight excluding hydrogens is 182 g/mol. The second kappa shape index (κ2) is 3.86. The molecule has 0 amide bonds. The largest absolute Gasteiger partial charge is 0.480 e. The van der Waals surface area contributed by atoms with Crippen LogP contribution in [0.5, 0.6) is 0 Å². The highest BCUT2D eigenvalue weighted by Gasteiger charge is 2.30. The van der Waals surface area contributed by atoms with Crippen molar-refractivity contribution in [1.29, 1.82) is 0 Å². The maximum Gasteiger partial charge on any atom is 0.323 e. The summed E-state index contributed by atoms with van der Waals surface area (Å²) in [7, 11) is -2.30. The monoisotopic (exact) mass is 195 g/mol. The summed E-state index contributed by atoms with van der Waals surface area (Å²) in [5, 5.41) is 7.08. The molecule has 0 saturated carbocycles. The van der Waals surface area contributed by atoms with Crippen LogP contribution in [0.3, 0.4) is 0 Å². The van der Waals surface area contributed by atoms with E-state index in [0.717, 1.165) is 11.2 Å². The lowest BCUT2D eigenvalue weighted by Crippen LogP contribution is -2.38. The minimum atomic E-state index is -3.65. The second-order valence-electron chi connectivity index (χ2n) is 2.44. The van der Waals surface area contributed by atoms with Crippen LogP contribution in [-0.4, -0.2) is 42.6 Å². The number of rotatable bonds is 4. The summed E-state index contributed by atoms with van der Waals surface area (Å²) in [6.07, 6.45) is 0. The van der Waals surface area contributed by atoms with Crippen LogP contribution in [0.1, 0.15) is 13.8 Å². The van der Waals surface area contributed by atoms with E-state index in [0.29, 0.717) is 0 Å². The summed E-state index contributed by atoms with van der Waals surface area (Å²) in [4.78, 5) is 10.4. The van der Waals surface area contributed by atoms with Gasteiger partial charge in [0.15, 0.2) is 5.25 Å². The zero-order valence-electron chi connectivity index (χ0n) is 7.31. The van der Waals surface area contributed by atoms with Crippen molar-refractivity contribution >= 4 is 16.0 Å². The molecule has 72 valence electrons. The fraction of sp³-hybridized carbons (Fsp3) is 0.833. The van der Waals surface area contributed by atoms with E-state index in [1.807, 2.05) is 0 Å². The molecule has 1 N–H and O–H groups in total. The van der Waals surface area contributed by atoms with Crippen LogP contribution in [0, 0.1) is 0 Å². The smallest absolute Gasteiger partial charge is 0.323 e. The average Bonchev–Trinajstić information content (AvgIpc) is 2.01. The molecule has 0 radical (unpaired) electrons. The van der Waals surface area contributed by atoms with E-state index in [9.17, 15) is 13.2 Å². The van der Waals surface area contributed by atoms with Crippen LogP contribution in [0.25, 0.3) is 0 Å². The van der Waals surface area contributed by atoms with E-state index in [-0.39, 0.29) is 6.54 Å². The van der Waals surface area contributed by atoms with E-state index in [2.05, 4.69) is 0 Å². The van der Waals surface area contributed by atoms with Crippen molar-refractivity contribution in [3.8, 4) is 0 Å². The topological polar surface area (TPSA) is 74.7 Å². The van der Waals surface area contributed by atoms with Gasteiger partial charge in [-0.15, -0.1) is 0 Å². The standard InChI is InChI=1S/C6H13NO4S/c1-4-7(3)12(10,11)5(2)6(8)9/h5H,4H2,1-3H3,(H,8,9). The molecule has 0 heterocycles. The summed E-state index contributed by atoms with van der Waals surface area (Å²) in [6, 6.07) is 0. The van der Waals surface area contributed by atoms with Crippen LogP contribution in [-0.2, 0) is 14.8 Å². The van der Waals surface area contributed by atoms with Gasteiger partial charge in [-0.3, -0.25) is 4.79 Å². The molecule has 5 nitrogen and oxygen atoms in total. The quantitative estimate of drug-likeness (QED) is 0.670. The van der Waals surface area contributed by atoms with Gasteiger partial charge in [0.1, 0.15) is 0 Å². The molecule has 0 aromatic carbocycles. The summed E-state index contributed by atoms with van der Waals surface area (Å²) in [6.45, 7) is 3.08. The first kappa shape index (κ1) is 11.4. The van der Waals surface area contributed by atoms with Crippen molar-refractivity contribution in [2.24, 2.45) is 0 Å². The molecule has 0 saturated heterocycles. The van der Waals surface area contributed by atoms with Gasteiger partial charge in [-0.25, -0.2) is 12.7 Å². The van der Waals surface area contributed by atoms with Crippen LogP contribution in [0.4, 0.5) is 0 Å². The van der Waals surface area contributed by atoms with E-state index in [1.165, 1.54) is 7.05 Å². The van der Waals surface area contributed by atoms with Crippen molar-refractivity contribution in [3.63, 3.8) is 0 Å². The molecule has 0 bridgehead atoms. The van der Waals surface area contributed by atoms with Gasteiger partial charge in [0.05, 0.1) is 0 Å². The Morgan fingerprint density at radius 2 is 2.00 bits per heavy atom. The molecule has 0 fully saturated rings. The van der Waals surface area contributed by atoms with Crippen molar-refractivity contribution < 1.29 is 18.3 Å². The third kappa shape index (κ3) is 2.18. The zero-order valence-corrected chi connectivity index (χ0v) is 8.13. The summed E-state index contributed by atoms with van der Waals surface area (Å²) >= 11 is 0. The Kier molecular flexibility index (Phi) is 3.66. The molecular formula is C6H13NO4S. The number of carbonyl (C=O) groups is 1. The normalized spacial score (nSPS) is 14.7. The molecule has 12 heavy (non-hydrogen) atoms. The van der Waals surface area contributed by atoms with E-state index in [1.54, 1.807) is 6.92 Å². The highest BCUT2D eigenvalue weighted by atomic mass is 32.2. The number of aliphatic carboxylic acids is 1. The summed E-state index contributed by atoms with van der Waals surface area (Å²) in [5.41, 5.74) is 0. The van der Waals surface area contributed by atoms with Crippen molar-refractivity contribution in [2.45, 2.75) is 19.1 Å². The van der Waals surface area contributed by atoms with Crippen LogP contribution < -0.4 is 0 Å². The fourth-order valence-electron chi connectivity index (χ4n) is 0.577. The van der Waals surface area contributed by atoms with Gasteiger partial charge in [0, 0.05) is 13.6 Å². The van der Waals surface area contributed by atoms with Gasteiger partial charge in [0.2, 0.25) is 10.0 Å². The highest BCUT2D eigenvalue weighted by Crippen LogP contribution is 2.05. The Hall–Kier alpha value is -0.620. The lowest BCUT2D eigenvalue weighted by molar-refractivity contribution is -0.136. The predicted octanol–water partition coefficient (Wildman–Crippen LogP) is -0.259. The van der Waals surface area contributed by atoms with E-state index < -0.39 is 21.2 Å². The number of nitrogens with zero attached hydrogens (tertiary/aromatic N) is 1. The van der Waals surface area contributed by atoms with Crippen LogP contribution in [0.2, 0.25) is 0 Å². The lowest BCUT2D eigenvalue weighted by atomic mass is 10.5. The molecule has 0 aromatic heterocycles. The number of carboxylic acids is 1. The number of carboxylic acid groups (broad SMARTS) is 1. The van der Waals surface area contributed by atoms with Crippen molar-refractivity contribution in [1.82, 2.24) is 4.31 Å². The number of hydrogen-bond donors (Lipinski definition) is 1. The van der Waals surface area contributed by atoms with Gasteiger partial charge in [0.25, 0.3) is 0 Å². The Morgan fingerprint density at radius 3 is 2.25 bits per heavy atom. The zero-order chi connectivity index (χ0) is 9.94. The third-order valence-electron chi connectivity index (χ3n) is 1.67. The van der Waals surface area contributed by atoms with Gasteiger partial charge in [-0.1, -0.05) is 6.92 Å². The molecule has 1 atom stereocenters. The van der Waals surface area contributed by atoms with Crippen molar-refractivity contribution in [2.75, 3.05) is 13.6 Å². The first-order valence-electron chi connectivity index (χ1n) is 3.52. The van der Waals surface area contributed by atoms with Gasteiger partial charge in [-0.2, -0.15) is 0 Å². The van der Waals surface area contributed by atoms with Gasteiger partial charge < -0.3 is 5.11 Å². The van der Waals surface area contributed by atoms with Gasteiger partial charge in [-0.05, 0) is 6.92 Å². The highest BCUT2D eigenvalue weighted by molar-refractivity contribution is 7.90. The Bertz CT molecular complexity index is 259. The minimum absolute atomic E-state index is 0.278. The lowest BCUT2D eigenvalue weighted by Gasteiger charge is -2.17. The van der Waals surface area contributed by atoms with E-state index in [4.69, 9.17) is 5.11 Å². The van der Waals surface area contributed by atoms with Gasteiger partial charge >= 0.3 is 5.97 Å². The second-order valence-corrected chi connectivity index (χ2v) is 4.80. The van der Waals surface area contributed by atoms with Crippen LogP contribution >= 0.6 is 0 Å². The molecule has 0 aliphatic rings. The van der Waals surface area contributed by atoms with E-state index >= 15 is 0 Å². The Balaban J connectivity index is 4.74. The average molecular weight is 195 g/mol. The molecule has 0 aliphatic heterocycles. The van der Waals surface area contributed by atoms with Crippen molar-refractivity contribution in [3.05, 3.63) is 0 Å². The first-order valence-corrected chi connectivity index (χ1v) is 5.02. The fourth-order valence-corrected chi connectivity index (χ4v) is 1.73. The molecule has 0 rings (SSSR count). The molecule has 0 spiro atoms. The molecule has 0 aliphatic carbocycles. The molecule has 0 aromatic rings. The SMILES string of the molecule is CCN(C)S(=O)(=O)C(C)C(=O)O. The van der Waals surface area contributed by atoms with Crippen LogP contribution in [0.15, 0.2) is 0 Å². The predicted molar refractivity (Wildman–Crippen MR) is 44.3 cm³/mol.